The third-order valence-corrected chi connectivity index (χ3v) is 3.14. The highest BCUT2D eigenvalue weighted by Gasteiger charge is 2.03. The fraction of sp³-hybridized carbons (Fsp3) is 0.917. The van der Waals surface area contributed by atoms with Gasteiger partial charge in [-0.25, -0.2) is 13.6 Å². The van der Waals surface area contributed by atoms with E-state index in [2.05, 4.69) is 29.5 Å². The van der Waals surface area contributed by atoms with Gasteiger partial charge in [0.1, 0.15) is 0 Å². The summed E-state index contributed by atoms with van der Waals surface area (Å²) in [6.45, 7) is 9.01. The second-order valence-corrected chi connectivity index (χ2v) is 6.58. The number of hydrogen-bond acceptors (Lipinski definition) is 4. The van der Waals surface area contributed by atoms with Gasteiger partial charge in [0.15, 0.2) is 5.96 Å². The Labute approximate surface area is 122 Å². The molecule has 0 aromatic carbocycles. The normalized spacial score (nSPS) is 12.8. The van der Waals surface area contributed by atoms with Crippen molar-refractivity contribution in [1.82, 2.24) is 10.6 Å². The van der Waals surface area contributed by atoms with Gasteiger partial charge in [-0.1, -0.05) is 13.8 Å². The van der Waals surface area contributed by atoms with Crippen LogP contribution >= 0.6 is 0 Å². The Bertz CT molecular complexity index is 369. The molecule has 0 radical (unpaired) electrons. The van der Waals surface area contributed by atoms with Crippen molar-refractivity contribution in [2.75, 3.05) is 38.6 Å². The van der Waals surface area contributed by atoms with Gasteiger partial charge in [0, 0.05) is 19.7 Å². The maximum Gasteiger partial charge on any atom is 0.210 e. The molecule has 8 heteroatoms. The van der Waals surface area contributed by atoms with E-state index in [4.69, 9.17) is 9.88 Å². The van der Waals surface area contributed by atoms with Gasteiger partial charge in [-0.3, -0.25) is 4.99 Å². The molecular weight excluding hydrogens is 280 g/mol. The van der Waals surface area contributed by atoms with Crippen molar-refractivity contribution in [1.29, 1.82) is 0 Å². The largest absolute Gasteiger partial charge is 0.380 e. The van der Waals surface area contributed by atoms with Crippen molar-refractivity contribution in [2.24, 2.45) is 16.0 Å². The van der Waals surface area contributed by atoms with Crippen LogP contribution in [0.1, 0.15) is 27.2 Å². The number of nitrogens with zero attached hydrogens (tertiary/aromatic N) is 1. The molecular formula is C12H28N4O3S. The van der Waals surface area contributed by atoms with Crippen LogP contribution in [-0.2, 0) is 14.8 Å². The van der Waals surface area contributed by atoms with Crippen molar-refractivity contribution in [2.45, 2.75) is 27.2 Å². The number of aliphatic imine (C=N–C) groups is 1. The predicted octanol–water partition coefficient (Wildman–Crippen LogP) is -0.107. The SMILES string of the molecule is CCNC(=NCCOCCC(C)C)NCCS(N)(=O)=O. The van der Waals surface area contributed by atoms with E-state index >= 15 is 0 Å². The summed E-state index contributed by atoms with van der Waals surface area (Å²) in [7, 11) is -3.45. The fourth-order valence-corrected chi connectivity index (χ4v) is 1.68. The quantitative estimate of drug-likeness (QED) is 0.297. The Balaban J connectivity index is 3.89. The van der Waals surface area contributed by atoms with Crippen molar-refractivity contribution in [3.8, 4) is 0 Å². The van der Waals surface area contributed by atoms with Crippen LogP contribution in [0.3, 0.4) is 0 Å². The predicted molar refractivity (Wildman–Crippen MR) is 82.2 cm³/mol. The van der Waals surface area contributed by atoms with Gasteiger partial charge in [0.05, 0.1) is 18.9 Å². The Morgan fingerprint density at radius 1 is 1.30 bits per heavy atom. The first-order valence-corrected chi connectivity index (χ1v) is 8.67. The number of primary sulfonamides is 1. The lowest BCUT2D eigenvalue weighted by atomic mass is 10.1. The Kier molecular flexibility index (Phi) is 10.4. The van der Waals surface area contributed by atoms with Gasteiger partial charge >= 0.3 is 0 Å². The van der Waals surface area contributed by atoms with Gasteiger partial charge in [-0.15, -0.1) is 0 Å². The van der Waals surface area contributed by atoms with Gasteiger partial charge < -0.3 is 15.4 Å². The van der Waals surface area contributed by atoms with Crippen LogP contribution in [0.5, 0.6) is 0 Å². The first kappa shape index (κ1) is 19.1. The molecule has 0 rings (SSSR count). The number of ether oxygens (including phenoxy) is 1. The lowest BCUT2D eigenvalue weighted by molar-refractivity contribution is 0.130. The monoisotopic (exact) mass is 308 g/mol. The van der Waals surface area contributed by atoms with Crippen LogP contribution in [0.15, 0.2) is 4.99 Å². The molecule has 0 bridgehead atoms. The number of nitrogens with one attached hydrogen (secondary N) is 2. The highest BCUT2D eigenvalue weighted by atomic mass is 32.2. The van der Waals surface area contributed by atoms with E-state index < -0.39 is 10.0 Å². The molecule has 0 saturated carbocycles. The molecule has 0 unspecified atom stereocenters. The van der Waals surface area contributed by atoms with Gasteiger partial charge in [-0.05, 0) is 19.3 Å². The minimum Gasteiger partial charge on any atom is -0.380 e. The molecule has 0 heterocycles. The van der Waals surface area contributed by atoms with Crippen molar-refractivity contribution >= 4 is 16.0 Å². The average Bonchev–Trinajstić information content (AvgIpc) is 2.31. The van der Waals surface area contributed by atoms with E-state index in [9.17, 15) is 8.42 Å². The standard InChI is InChI=1S/C12H28N4O3S/c1-4-14-12(16-7-10-20(13,17)18)15-6-9-19-8-5-11(2)3/h11H,4-10H2,1-3H3,(H2,13,17,18)(H2,14,15,16). The number of hydrogen-bond donors (Lipinski definition) is 3. The van der Waals surface area contributed by atoms with E-state index in [1.165, 1.54) is 0 Å². The lowest BCUT2D eigenvalue weighted by Gasteiger charge is -2.11. The average molecular weight is 308 g/mol. The molecule has 0 atom stereocenters. The first-order valence-electron chi connectivity index (χ1n) is 6.95. The number of nitrogens with two attached hydrogens (primary N) is 1. The van der Waals surface area contributed by atoms with Crippen LogP contribution in [0.25, 0.3) is 0 Å². The summed E-state index contributed by atoms with van der Waals surface area (Å²) in [5, 5.41) is 10.9. The summed E-state index contributed by atoms with van der Waals surface area (Å²) in [5.74, 6) is 1.08. The molecule has 0 amide bonds. The zero-order valence-electron chi connectivity index (χ0n) is 12.7. The molecule has 7 nitrogen and oxygen atoms in total. The third kappa shape index (κ3) is 13.6. The van der Waals surface area contributed by atoms with Gasteiger partial charge in [0.2, 0.25) is 10.0 Å². The van der Waals surface area contributed by atoms with Crippen LogP contribution in [0.2, 0.25) is 0 Å². The van der Waals surface area contributed by atoms with Gasteiger partial charge in [-0.2, -0.15) is 0 Å². The van der Waals surface area contributed by atoms with Gasteiger partial charge in [0.25, 0.3) is 0 Å². The van der Waals surface area contributed by atoms with Crippen molar-refractivity contribution < 1.29 is 13.2 Å². The van der Waals surface area contributed by atoms with E-state index in [0.717, 1.165) is 13.0 Å². The molecule has 0 aliphatic heterocycles. The molecule has 4 N–H and O–H groups in total. The Morgan fingerprint density at radius 2 is 2.00 bits per heavy atom. The molecule has 0 aromatic rings. The minimum atomic E-state index is -3.45. The molecule has 0 aliphatic carbocycles. The van der Waals surface area contributed by atoms with E-state index in [0.29, 0.717) is 31.6 Å². The highest BCUT2D eigenvalue weighted by Crippen LogP contribution is 1.98. The van der Waals surface area contributed by atoms with Crippen molar-refractivity contribution in [3.63, 3.8) is 0 Å². The summed E-state index contributed by atoms with van der Waals surface area (Å²) in [4.78, 5) is 4.28. The van der Waals surface area contributed by atoms with E-state index in [1.807, 2.05) is 6.92 Å². The molecule has 0 aromatic heterocycles. The minimum absolute atomic E-state index is 0.123. The summed E-state index contributed by atoms with van der Waals surface area (Å²) in [6.07, 6.45) is 1.04. The van der Waals surface area contributed by atoms with Crippen LogP contribution in [-0.4, -0.2) is 53.0 Å². The number of sulfonamides is 1. The topological polar surface area (TPSA) is 106 Å². The highest BCUT2D eigenvalue weighted by molar-refractivity contribution is 7.89. The second-order valence-electron chi connectivity index (χ2n) is 4.85. The van der Waals surface area contributed by atoms with Crippen LogP contribution in [0.4, 0.5) is 0 Å². The number of rotatable bonds is 10. The summed E-state index contributed by atoms with van der Waals surface area (Å²) in [5.41, 5.74) is 0. The van der Waals surface area contributed by atoms with E-state index in [1.54, 1.807) is 0 Å². The first-order chi connectivity index (χ1) is 9.35. The Hall–Kier alpha value is -0.860. The Morgan fingerprint density at radius 3 is 2.55 bits per heavy atom. The third-order valence-electron chi connectivity index (χ3n) is 2.37. The lowest BCUT2D eigenvalue weighted by Crippen LogP contribution is -2.40. The smallest absolute Gasteiger partial charge is 0.210 e. The fourth-order valence-electron chi connectivity index (χ4n) is 1.30. The summed E-state index contributed by atoms with van der Waals surface area (Å²) in [6, 6.07) is 0. The molecule has 120 valence electrons. The zero-order valence-corrected chi connectivity index (χ0v) is 13.5. The molecule has 0 fully saturated rings. The van der Waals surface area contributed by atoms with E-state index in [-0.39, 0.29) is 12.3 Å². The molecule has 20 heavy (non-hydrogen) atoms. The maximum absolute atomic E-state index is 10.8. The number of guanidine groups is 1. The molecule has 0 saturated heterocycles. The summed E-state index contributed by atoms with van der Waals surface area (Å²) >= 11 is 0. The second kappa shape index (κ2) is 10.9. The molecule has 0 aliphatic rings. The zero-order chi connectivity index (χ0) is 15.4. The maximum atomic E-state index is 10.8. The summed E-state index contributed by atoms with van der Waals surface area (Å²) < 4.78 is 27.1. The van der Waals surface area contributed by atoms with Crippen molar-refractivity contribution in [3.05, 3.63) is 0 Å². The van der Waals surface area contributed by atoms with Crippen LogP contribution in [0, 0.1) is 5.92 Å². The van der Waals surface area contributed by atoms with Crippen LogP contribution < -0.4 is 15.8 Å². The molecule has 0 spiro atoms.